The molecule has 0 aromatic heterocycles. The summed E-state index contributed by atoms with van der Waals surface area (Å²) in [6.07, 6.45) is 0. The van der Waals surface area contributed by atoms with Gasteiger partial charge in [-0.15, -0.1) is 0 Å². The highest BCUT2D eigenvalue weighted by Crippen LogP contribution is 2.38. The molecule has 2 aromatic carbocycles. The SMILES string of the molecule is CC(C)c1cccc(C(C)C)c1-c1cc(Cl)cc(Cl)c1. The van der Waals surface area contributed by atoms with Gasteiger partial charge in [-0.05, 0) is 52.3 Å². The lowest BCUT2D eigenvalue weighted by atomic mass is 9.85. The Kier molecular flexibility index (Phi) is 4.78. The highest BCUT2D eigenvalue weighted by Gasteiger charge is 2.16. The minimum Gasteiger partial charge on any atom is -0.0843 e. The highest BCUT2D eigenvalue weighted by molar-refractivity contribution is 6.35. The maximum Gasteiger partial charge on any atom is 0.0426 e. The summed E-state index contributed by atoms with van der Waals surface area (Å²) < 4.78 is 0. The predicted octanol–water partition coefficient (Wildman–Crippen LogP) is 6.91. The van der Waals surface area contributed by atoms with Gasteiger partial charge in [0, 0.05) is 10.0 Å². The van der Waals surface area contributed by atoms with Crippen molar-refractivity contribution in [2.45, 2.75) is 39.5 Å². The molecule has 0 saturated heterocycles. The first-order chi connectivity index (χ1) is 9.40. The van der Waals surface area contributed by atoms with Gasteiger partial charge in [0.1, 0.15) is 0 Å². The number of hydrogen-bond donors (Lipinski definition) is 0. The largest absolute Gasteiger partial charge is 0.0843 e. The minimum atomic E-state index is 0.460. The lowest BCUT2D eigenvalue weighted by molar-refractivity contribution is 0.838. The molecule has 0 spiro atoms. The molecule has 2 rings (SSSR count). The van der Waals surface area contributed by atoms with Crippen LogP contribution in [0.5, 0.6) is 0 Å². The van der Waals surface area contributed by atoms with Gasteiger partial charge in [-0.1, -0.05) is 69.1 Å². The van der Waals surface area contributed by atoms with E-state index >= 15 is 0 Å². The molecule has 0 aliphatic heterocycles. The van der Waals surface area contributed by atoms with E-state index in [-0.39, 0.29) is 0 Å². The molecule has 106 valence electrons. The van der Waals surface area contributed by atoms with Crippen LogP contribution in [0.1, 0.15) is 50.7 Å². The molecule has 0 radical (unpaired) electrons. The summed E-state index contributed by atoms with van der Waals surface area (Å²) in [6, 6.07) is 12.3. The van der Waals surface area contributed by atoms with Crippen molar-refractivity contribution in [3.05, 3.63) is 57.6 Å². The van der Waals surface area contributed by atoms with Crippen molar-refractivity contribution in [2.24, 2.45) is 0 Å². The normalized spacial score (nSPS) is 11.4. The number of rotatable bonds is 3. The average Bonchev–Trinajstić information content (AvgIpc) is 2.36. The first-order valence-electron chi connectivity index (χ1n) is 6.99. The van der Waals surface area contributed by atoms with E-state index in [1.54, 1.807) is 6.07 Å². The quantitative estimate of drug-likeness (QED) is 0.578. The molecular formula is C18H20Cl2. The Balaban J connectivity index is 2.75. The summed E-state index contributed by atoms with van der Waals surface area (Å²) in [5.41, 5.74) is 5.07. The number of halogens is 2. The van der Waals surface area contributed by atoms with Crippen LogP contribution in [0.15, 0.2) is 36.4 Å². The highest BCUT2D eigenvalue weighted by atomic mass is 35.5. The Morgan fingerprint density at radius 3 is 1.60 bits per heavy atom. The van der Waals surface area contributed by atoms with Gasteiger partial charge < -0.3 is 0 Å². The molecule has 0 amide bonds. The minimum absolute atomic E-state index is 0.460. The summed E-state index contributed by atoms with van der Waals surface area (Å²) in [5.74, 6) is 0.919. The molecule has 20 heavy (non-hydrogen) atoms. The fourth-order valence-electron chi connectivity index (χ4n) is 2.58. The van der Waals surface area contributed by atoms with Crippen molar-refractivity contribution in [2.75, 3.05) is 0 Å². The van der Waals surface area contributed by atoms with Crippen LogP contribution in [0.3, 0.4) is 0 Å². The van der Waals surface area contributed by atoms with E-state index in [4.69, 9.17) is 23.2 Å². The average molecular weight is 307 g/mol. The zero-order chi connectivity index (χ0) is 14.9. The molecule has 2 aromatic rings. The number of benzene rings is 2. The van der Waals surface area contributed by atoms with Gasteiger partial charge in [-0.25, -0.2) is 0 Å². The standard InChI is InChI=1S/C18H20Cl2/c1-11(2)16-6-5-7-17(12(3)4)18(16)13-8-14(19)10-15(20)9-13/h5-12H,1-4H3. The van der Waals surface area contributed by atoms with Crippen LogP contribution < -0.4 is 0 Å². The summed E-state index contributed by atoms with van der Waals surface area (Å²) in [5, 5.41) is 1.36. The van der Waals surface area contributed by atoms with Crippen molar-refractivity contribution < 1.29 is 0 Å². The van der Waals surface area contributed by atoms with Crippen LogP contribution in [0.25, 0.3) is 11.1 Å². The molecule has 0 heterocycles. The van der Waals surface area contributed by atoms with Crippen molar-refractivity contribution in [1.29, 1.82) is 0 Å². The Bertz CT molecular complexity index is 566. The van der Waals surface area contributed by atoms with Crippen molar-refractivity contribution >= 4 is 23.2 Å². The van der Waals surface area contributed by atoms with Crippen LogP contribution in [0.4, 0.5) is 0 Å². The second kappa shape index (κ2) is 6.20. The smallest absolute Gasteiger partial charge is 0.0426 e. The monoisotopic (exact) mass is 306 g/mol. The topological polar surface area (TPSA) is 0 Å². The Labute approximate surface area is 131 Å². The van der Waals surface area contributed by atoms with Crippen LogP contribution >= 0.6 is 23.2 Å². The van der Waals surface area contributed by atoms with E-state index < -0.39 is 0 Å². The van der Waals surface area contributed by atoms with Crippen molar-refractivity contribution in [1.82, 2.24) is 0 Å². The van der Waals surface area contributed by atoms with E-state index in [9.17, 15) is 0 Å². The molecule has 0 aliphatic rings. The maximum atomic E-state index is 6.18. The lowest BCUT2D eigenvalue weighted by Crippen LogP contribution is -1.99. The van der Waals surface area contributed by atoms with E-state index in [1.807, 2.05) is 12.1 Å². The molecule has 0 fully saturated rings. The summed E-state index contributed by atoms with van der Waals surface area (Å²) >= 11 is 12.4. The lowest BCUT2D eigenvalue weighted by Gasteiger charge is -2.20. The fraction of sp³-hybridized carbons (Fsp3) is 0.333. The zero-order valence-corrected chi connectivity index (χ0v) is 13.9. The Hall–Kier alpha value is -0.980. The molecule has 0 saturated carbocycles. The maximum absolute atomic E-state index is 6.18. The predicted molar refractivity (Wildman–Crippen MR) is 90.1 cm³/mol. The second-order valence-corrected chi connectivity index (χ2v) is 6.65. The number of hydrogen-bond acceptors (Lipinski definition) is 0. The Morgan fingerprint density at radius 2 is 1.20 bits per heavy atom. The van der Waals surface area contributed by atoms with Gasteiger partial charge >= 0.3 is 0 Å². The first kappa shape index (κ1) is 15.4. The third-order valence-electron chi connectivity index (χ3n) is 3.52. The van der Waals surface area contributed by atoms with Crippen LogP contribution in [-0.2, 0) is 0 Å². The molecular weight excluding hydrogens is 287 g/mol. The second-order valence-electron chi connectivity index (χ2n) is 5.78. The van der Waals surface area contributed by atoms with Gasteiger partial charge in [0.15, 0.2) is 0 Å². The van der Waals surface area contributed by atoms with Crippen LogP contribution in [0.2, 0.25) is 10.0 Å². The molecule has 0 N–H and O–H groups in total. The first-order valence-corrected chi connectivity index (χ1v) is 7.75. The molecule has 2 heteroatoms. The Morgan fingerprint density at radius 1 is 0.750 bits per heavy atom. The van der Waals surface area contributed by atoms with Gasteiger partial charge in [-0.3, -0.25) is 0 Å². The third kappa shape index (κ3) is 3.19. The van der Waals surface area contributed by atoms with Crippen molar-refractivity contribution in [3.63, 3.8) is 0 Å². The summed E-state index contributed by atoms with van der Waals surface area (Å²) in [4.78, 5) is 0. The van der Waals surface area contributed by atoms with Gasteiger partial charge in [-0.2, -0.15) is 0 Å². The molecule has 0 aliphatic carbocycles. The van der Waals surface area contributed by atoms with E-state index in [0.717, 1.165) is 5.56 Å². The van der Waals surface area contributed by atoms with Crippen molar-refractivity contribution in [3.8, 4) is 11.1 Å². The molecule has 0 bridgehead atoms. The molecule has 0 unspecified atom stereocenters. The van der Waals surface area contributed by atoms with E-state index in [2.05, 4.69) is 45.9 Å². The molecule has 0 nitrogen and oxygen atoms in total. The van der Waals surface area contributed by atoms with E-state index in [0.29, 0.717) is 21.9 Å². The van der Waals surface area contributed by atoms with E-state index in [1.165, 1.54) is 16.7 Å². The van der Waals surface area contributed by atoms with Gasteiger partial charge in [0.05, 0.1) is 0 Å². The van der Waals surface area contributed by atoms with Gasteiger partial charge in [0.25, 0.3) is 0 Å². The fourth-order valence-corrected chi connectivity index (χ4v) is 3.11. The van der Waals surface area contributed by atoms with Crippen LogP contribution in [0, 0.1) is 0 Å². The third-order valence-corrected chi connectivity index (χ3v) is 3.96. The van der Waals surface area contributed by atoms with Crippen LogP contribution in [-0.4, -0.2) is 0 Å². The summed E-state index contributed by atoms with van der Waals surface area (Å²) in [6.45, 7) is 8.87. The van der Waals surface area contributed by atoms with Gasteiger partial charge in [0.2, 0.25) is 0 Å². The molecule has 0 atom stereocenters. The summed E-state index contributed by atoms with van der Waals surface area (Å²) in [7, 11) is 0. The zero-order valence-electron chi connectivity index (χ0n) is 12.4.